The number of rotatable bonds is 6. The van der Waals surface area contributed by atoms with E-state index in [4.69, 9.17) is 0 Å². The van der Waals surface area contributed by atoms with E-state index in [1.54, 1.807) is 0 Å². The van der Waals surface area contributed by atoms with Crippen molar-refractivity contribution < 1.29 is 9.59 Å². The molecule has 0 N–H and O–H groups in total. The minimum Gasteiger partial charge on any atom is -0.338 e. The van der Waals surface area contributed by atoms with Gasteiger partial charge in [0, 0.05) is 37.5 Å². The summed E-state index contributed by atoms with van der Waals surface area (Å²) in [6.07, 6.45) is 5.42. The average Bonchev–Trinajstić information content (AvgIpc) is 3.25. The lowest BCUT2D eigenvalue weighted by Crippen LogP contribution is -2.42. The summed E-state index contributed by atoms with van der Waals surface area (Å²) >= 11 is 0. The van der Waals surface area contributed by atoms with Crippen LogP contribution in [-0.4, -0.2) is 53.7 Å². The van der Waals surface area contributed by atoms with Crippen LogP contribution in [0.25, 0.3) is 0 Å². The molecular formula is C19H26N2O2. The number of ketones is 1. The highest BCUT2D eigenvalue weighted by molar-refractivity contribution is 5.97. The van der Waals surface area contributed by atoms with Gasteiger partial charge in [-0.05, 0) is 38.8 Å². The third-order valence-corrected chi connectivity index (χ3v) is 5.03. The molecule has 2 aliphatic rings. The number of amides is 1. The Bertz CT molecular complexity index is 538. The van der Waals surface area contributed by atoms with Crippen molar-refractivity contribution in [3.8, 4) is 0 Å². The van der Waals surface area contributed by atoms with Gasteiger partial charge >= 0.3 is 0 Å². The second-order valence-corrected chi connectivity index (χ2v) is 6.68. The van der Waals surface area contributed by atoms with E-state index in [9.17, 15) is 9.59 Å². The predicted molar refractivity (Wildman–Crippen MR) is 90.4 cm³/mol. The van der Waals surface area contributed by atoms with Crippen LogP contribution in [-0.2, 0) is 4.79 Å². The monoisotopic (exact) mass is 314 g/mol. The molecule has 3 rings (SSSR count). The smallest absolute Gasteiger partial charge is 0.223 e. The molecule has 2 heterocycles. The maximum Gasteiger partial charge on any atom is 0.223 e. The van der Waals surface area contributed by atoms with E-state index in [0.717, 1.165) is 25.9 Å². The van der Waals surface area contributed by atoms with Crippen LogP contribution in [0.5, 0.6) is 0 Å². The summed E-state index contributed by atoms with van der Waals surface area (Å²) in [5, 5.41) is 0. The van der Waals surface area contributed by atoms with Crippen molar-refractivity contribution in [3.63, 3.8) is 0 Å². The minimum atomic E-state index is 0.0641. The Morgan fingerprint density at radius 3 is 2.43 bits per heavy atom. The second-order valence-electron chi connectivity index (χ2n) is 6.68. The molecule has 0 aromatic heterocycles. The normalized spacial score (nSPS) is 21.7. The first-order valence-corrected chi connectivity index (χ1v) is 8.84. The summed E-state index contributed by atoms with van der Waals surface area (Å²) in [4.78, 5) is 29.2. The van der Waals surface area contributed by atoms with Crippen LogP contribution in [0, 0.1) is 0 Å². The first kappa shape index (κ1) is 16.2. The summed E-state index contributed by atoms with van der Waals surface area (Å²) in [5.74, 6) is 0.213. The molecule has 0 aliphatic carbocycles. The molecule has 2 aliphatic heterocycles. The van der Waals surface area contributed by atoms with E-state index >= 15 is 0 Å². The molecule has 1 aromatic carbocycles. The maximum absolute atomic E-state index is 12.5. The van der Waals surface area contributed by atoms with E-state index < -0.39 is 0 Å². The van der Waals surface area contributed by atoms with Gasteiger partial charge in [0.25, 0.3) is 0 Å². The zero-order valence-corrected chi connectivity index (χ0v) is 13.7. The number of carbonyl (C=O) groups excluding carboxylic acids is 2. The molecule has 2 fully saturated rings. The van der Waals surface area contributed by atoms with Gasteiger partial charge < -0.3 is 9.80 Å². The van der Waals surface area contributed by atoms with E-state index in [2.05, 4.69) is 4.90 Å². The predicted octanol–water partition coefficient (Wildman–Crippen LogP) is 2.74. The Morgan fingerprint density at radius 2 is 1.70 bits per heavy atom. The third kappa shape index (κ3) is 4.20. The third-order valence-electron chi connectivity index (χ3n) is 5.03. The van der Waals surface area contributed by atoms with Crippen molar-refractivity contribution >= 4 is 11.7 Å². The number of hydrogen-bond donors (Lipinski definition) is 0. The zero-order chi connectivity index (χ0) is 16.1. The van der Waals surface area contributed by atoms with Crippen molar-refractivity contribution in [1.29, 1.82) is 0 Å². The Hall–Kier alpha value is -1.68. The highest BCUT2D eigenvalue weighted by Crippen LogP contribution is 2.21. The van der Waals surface area contributed by atoms with Gasteiger partial charge in [-0.15, -0.1) is 0 Å². The number of likely N-dealkylation sites (tertiary alicyclic amines) is 2. The van der Waals surface area contributed by atoms with E-state index in [-0.39, 0.29) is 11.7 Å². The number of carbonyl (C=O) groups is 2. The summed E-state index contributed by atoms with van der Waals surface area (Å²) in [7, 11) is 0. The lowest BCUT2D eigenvalue weighted by Gasteiger charge is -2.28. The van der Waals surface area contributed by atoms with Crippen molar-refractivity contribution in [3.05, 3.63) is 35.9 Å². The molecule has 1 aromatic rings. The summed E-state index contributed by atoms with van der Waals surface area (Å²) in [6, 6.07) is 9.61. The number of nitrogens with zero attached hydrogens (tertiary/aromatic N) is 2. The fraction of sp³-hybridized carbons (Fsp3) is 0.579. The average molecular weight is 314 g/mol. The van der Waals surface area contributed by atoms with E-state index in [1.807, 2.05) is 35.2 Å². The lowest BCUT2D eigenvalue weighted by molar-refractivity contribution is -0.132. The summed E-state index contributed by atoms with van der Waals surface area (Å²) in [5.41, 5.74) is 0.704. The molecule has 0 saturated carbocycles. The Balaban J connectivity index is 1.49. The van der Waals surface area contributed by atoms with Crippen LogP contribution in [0.15, 0.2) is 30.3 Å². The van der Waals surface area contributed by atoms with Gasteiger partial charge in [0.1, 0.15) is 0 Å². The fourth-order valence-electron chi connectivity index (χ4n) is 3.75. The van der Waals surface area contributed by atoms with Crippen LogP contribution in [0.3, 0.4) is 0 Å². The summed E-state index contributed by atoms with van der Waals surface area (Å²) < 4.78 is 0. The van der Waals surface area contributed by atoms with Crippen molar-refractivity contribution in [2.45, 2.75) is 44.6 Å². The fourth-order valence-corrected chi connectivity index (χ4v) is 3.75. The Kier molecular flexibility index (Phi) is 5.44. The van der Waals surface area contributed by atoms with Crippen LogP contribution < -0.4 is 0 Å². The molecule has 0 unspecified atom stereocenters. The van der Waals surface area contributed by atoms with Gasteiger partial charge in [0.15, 0.2) is 5.78 Å². The van der Waals surface area contributed by atoms with E-state index in [0.29, 0.717) is 24.4 Å². The molecule has 23 heavy (non-hydrogen) atoms. The molecule has 0 radical (unpaired) electrons. The molecular weight excluding hydrogens is 288 g/mol. The molecule has 1 atom stereocenters. The topological polar surface area (TPSA) is 40.6 Å². The largest absolute Gasteiger partial charge is 0.338 e. The molecule has 124 valence electrons. The van der Waals surface area contributed by atoms with E-state index in [1.165, 1.54) is 25.9 Å². The number of Topliss-reactive ketones (excluding diaryl/α,β-unsaturated/α-hetero) is 1. The molecule has 0 bridgehead atoms. The minimum absolute atomic E-state index is 0.0641. The highest BCUT2D eigenvalue weighted by atomic mass is 16.2. The quantitative estimate of drug-likeness (QED) is 0.758. The lowest BCUT2D eigenvalue weighted by atomic mass is 10.1. The standard InChI is InChI=1S/C19H26N2O2/c22-18(16-7-2-1-3-8-16)10-11-19(23)21-14-6-9-17(21)15-20-12-4-5-13-20/h1-3,7-8,17H,4-6,9-15H2/t17-/m0/s1. The molecule has 4 nitrogen and oxygen atoms in total. The first-order chi connectivity index (χ1) is 11.2. The molecule has 4 heteroatoms. The van der Waals surface area contributed by atoms with Gasteiger partial charge in [0.05, 0.1) is 0 Å². The summed E-state index contributed by atoms with van der Waals surface area (Å²) in [6.45, 7) is 4.21. The van der Waals surface area contributed by atoms with Gasteiger partial charge in [0.2, 0.25) is 5.91 Å². The van der Waals surface area contributed by atoms with Crippen LogP contribution in [0.1, 0.15) is 48.9 Å². The Morgan fingerprint density at radius 1 is 0.957 bits per heavy atom. The SMILES string of the molecule is O=C(CCC(=O)N1CCC[C@H]1CN1CCCC1)c1ccccc1. The van der Waals surface area contributed by atoms with Crippen molar-refractivity contribution in [2.75, 3.05) is 26.2 Å². The van der Waals surface area contributed by atoms with Crippen molar-refractivity contribution in [1.82, 2.24) is 9.80 Å². The van der Waals surface area contributed by atoms with Crippen LogP contribution in [0.2, 0.25) is 0 Å². The van der Waals surface area contributed by atoms with Crippen LogP contribution in [0.4, 0.5) is 0 Å². The Labute approximate surface area is 138 Å². The van der Waals surface area contributed by atoms with Crippen LogP contribution >= 0.6 is 0 Å². The van der Waals surface area contributed by atoms with Gasteiger partial charge in [-0.3, -0.25) is 9.59 Å². The highest BCUT2D eigenvalue weighted by Gasteiger charge is 2.30. The number of benzene rings is 1. The second kappa shape index (κ2) is 7.73. The number of hydrogen-bond acceptors (Lipinski definition) is 3. The maximum atomic E-state index is 12.5. The van der Waals surface area contributed by atoms with Gasteiger partial charge in [-0.25, -0.2) is 0 Å². The zero-order valence-electron chi connectivity index (χ0n) is 13.7. The van der Waals surface area contributed by atoms with Gasteiger partial charge in [-0.1, -0.05) is 30.3 Å². The molecule has 2 saturated heterocycles. The molecule has 1 amide bonds. The molecule has 0 spiro atoms. The van der Waals surface area contributed by atoms with Gasteiger partial charge in [-0.2, -0.15) is 0 Å². The van der Waals surface area contributed by atoms with Crippen molar-refractivity contribution in [2.24, 2.45) is 0 Å². The first-order valence-electron chi connectivity index (χ1n) is 8.84.